The van der Waals surface area contributed by atoms with Gasteiger partial charge < -0.3 is 29.9 Å². The Bertz CT molecular complexity index is 1310. The van der Waals surface area contributed by atoms with Crippen LogP contribution in [0.4, 0.5) is 5.69 Å². The number of hydrogen-bond donors (Lipinski definition) is 2. The number of β-amino-alcohol motifs (C(OH)–C–C–N with tert-alkyl or cyclic N) is 1. The van der Waals surface area contributed by atoms with Crippen LogP contribution in [-0.4, -0.2) is 116 Å². The number of likely N-dealkylation sites (tertiary alicyclic amines) is 1. The number of carbonyl (C=O) groups excluding carboxylic acids is 1. The molecule has 3 fully saturated rings. The summed E-state index contributed by atoms with van der Waals surface area (Å²) in [6.45, 7) is 9.66. The summed E-state index contributed by atoms with van der Waals surface area (Å²) in [5.74, 6) is 0.162. The normalized spacial score (nSPS) is 19.6. The summed E-state index contributed by atoms with van der Waals surface area (Å²) < 4.78 is 5.43. The molecule has 1 spiro atoms. The molecule has 0 radical (unpaired) electrons. The zero-order valence-electron chi connectivity index (χ0n) is 26.3. The first-order valence-corrected chi connectivity index (χ1v) is 17.2. The van der Waals surface area contributed by atoms with Gasteiger partial charge in [-0.25, -0.2) is 0 Å². The second kappa shape index (κ2) is 16.4. The van der Waals surface area contributed by atoms with Gasteiger partial charge >= 0.3 is 0 Å². The third-order valence-electron chi connectivity index (χ3n) is 9.51. The largest absolute Gasteiger partial charge is 0.390 e. The number of aliphatic hydroxyl groups excluding tert-OH is 1. The van der Waals surface area contributed by atoms with Crippen molar-refractivity contribution in [1.29, 1.82) is 0 Å². The van der Waals surface area contributed by atoms with Crippen molar-refractivity contribution in [2.24, 2.45) is 0 Å². The minimum absolute atomic E-state index is 0. The lowest BCUT2D eigenvalue weighted by molar-refractivity contribution is -0.134. The van der Waals surface area contributed by atoms with E-state index in [4.69, 9.17) is 4.74 Å². The highest BCUT2D eigenvalue weighted by atomic mass is 32.1. The van der Waals surface area contributed by atoms with E-state index in [9.17, 15) is 9.90 Å². The second-order valence-electron chi connectivity index (χ2n) is 12.4. The highest BCUT2D eigenvalue weighted by molar-refractivity contribution is 7.59. The van der Waals surface area contributed by atoms with E-state index in [1.165, 1.54) is 16.0 Å². The summed E-state index contributed by atoms with van der Waals surface area (Å²) in [7, 11) is 0. The summed E-state index contributed by atoms with van der Waals surface area (Å²) in [4.78, 5) is 24.6. The fourth-order valence-corrected chi connectivity index (χ4v) is 7.80. The third-order valence-corrected chi connectivity index (χ3v) is 10.4. The molecule has 0 saturated carbocycles. The molecule has 3 aromatic rings. The molecule has 6 rings (SSSR count). The molecule has 10 heteroatoms. The maximum atomic E-state index is 14.1. The van der Waals surface area contributed by atoms with Crippen LogP contribution in [0.15, 0.2) is 72.1 Å². The Balaban J connectivity index is 0.00000400. The van der Waals surface area contributed by atoms with Gasteiger partial charge in [-0.15, -0.1) is 11.3 Å². The molecule has 1 aromatic heterocycles. The first kappa shape index (κ1) is 33.9. The topological polar surface area (TPSA) is 71.5 Å². The zero-order valence-corrected chi connectivity index (χ0v) is 28.1. The van der Waals surface area contributed by atoms with Crippen LogP contribution in [0.5, 0.6) is 0 Å². The number of aliphatic hydroxyl groups is 1. The van der Waals surface area contributed by atoms with Crippen LogP contribution in [-0.2, 0) is 16.0 Å². The number of nitrogens with zero attached hydrogens (tertiary/aromatic N) is 4. The summed E-state index contributed by atoms with van der Waals surface area (Å²) in [6.07, 6.45) is 3.02. The van der Waals surface area contributed by atoms with Gasteiger partial charge in [0, 0.05) is 56.4 Å². The molecule has 3 saturated heterocycles. The van der Waals surface area contributed by atoms with Crippen LogP contribution in [0.2, 0.25) is 0 Å². The van der Waals surface area contributed by atoms with E-state index in [0.29, 0.717) is 19.8 Å². The van der Waals surface area contributed by atoms with Gasteiger partial charge in [0.05, 0.1) is 26.0 Å². The highest BCUT2D eigenvalue weighted by Crippen LogP contribution is 2.39. The van der Waals surface area contributed by atoms with Crippen molar-refractivity contribution in [2.75, 3.05) is 83.7 Å². The van der Waals surface area contributed by atoms with E-state index in [-0.39, 0.29) is 19.4 Å². The molecule has 3 aliphatic heterocycles. The average molecular weight is 652 g/mol. The van der Waals surface area contributed by atoms with E-state index < -0.39 is 11.6 Å². The molecule has 4 heterocycles. The standard InChI is InChI=1S/C35H47N5O3S.H2S/c41-31(26-36-16-7-17-37-21-23-43-24-22-37)27-39-28-40(30-9-2-1-3-10-30)35(34(39)42)14-19-38(20-15-35)18-13-29-8-4-5-11-32(29)33-12-6-25-44-33;/h1-6,8-12,25,31,36,41H,7,13-24,26-28H2;1H2/t31-;/m0./s1. The van der Waals surface area contributed by atoms with Gasteiger partial charge in [0.25, 0.3) is 0 Å². The molecular weight excluding hydrogens is 603 g/mol. The van der Waals surface area contributed by atoms with Crippen molar-refractivity contribution in [3.8, 4) is 10.4 Å². The number of anilines is 1. The Morgan fingerprint density at radius 1 is 0.911 bits per heavy atom. The summed E-state index contributed by atoms with van der Waals surface area (Å²) >= 11 is 1.79. The first-order chi connectivity index (χ1) is 21.6. The van der Waals surface area contributed by atoms with Gasteiger partial charge in [0.2, 0.25) is 5.91 Å². The number of piperidine rings is 1. The molecule has 244 valence electrons. The van der Waals surface area contributed by atoms with E-state index in [2.05, 4.69) is 73.9 Å². The molecule has 8 nitrogen and oxygen atoms in total. The minimum Gasteiger partial charge on any atom is -0.390 e. The van der Waals surface area contributed by atoms with Gasteiger partial charge in [0.1, 0.15) is 5.54 Å². The molecule has 2 N–H and O–H groups in total. The average Bonchev–Trinajstić information content (AvgIpc) is 3.69. The quantitative estimate of drug-likeness (QED) is 0.272. The summed E-state index contributed by atoms with van der Waals surface area (Å²) in [5.41, 5.74) is 3.24. The lowest BCUT2D eigenvalue weighted by Gasteiger charge is -2.43. The number of rotatable bonds is 13. The van der Waals surface area contributed by atoms with Gasteiger partial charge in [-0.05, 0) is 73.5 Å². The van der Waals surface area contributed by atoms with Gasteiger partial charge in [-0.1, -0.05) is 48.5 Å². The number of morpholine rings is 1. The smallest absolute Gasteiger partial charge is 0.250 e. The maximum Gasteiger partial charge on any atom is 0.250 e. The molecule has 2 aromatic carbocycles. The number of nitrogens with one attached hydrogen (secondary N) is 1. The predicted octanol–water partition coefficient (Wildman–Crippen LogP) is 3.88. The summed E-state index contributed by atoms with van der Waals surface area (Å²) in [6, 6.07) is 23.4. The molecule has 0 bridgehead atoms. The monoisotopic (exact) mass is 651 g/mol. The van der Waals surface area contributed by atoms with E-state index >= 15 is 0 Å². The van der Waals surface area contributed by atoms with E-state index in [1.807, 2.05) is 23.1 Å². The van der Waals surface area contributed by atoms with Crippen molar-refractivity contribution < 1.29 is 14.6 Å². The Labute approximate surface area is 279 Å². The van der Waals surface area contributed by atoms with Crippen LogP contribution in [0.25, 0.3) is 10.4 Å². The SMILES string of the molecule is O=C1N(C[C@@H](O)CNCCCN2CCOCC2)CN(c2ccccc2)C12CCN(CCc1ccccc1-c1cccs1)CC2.S. The maximum absolute atomic E-state index is 14.1. The van der Waals surface area contributed by atoms with Crippen LogP contribution in [0.3, 0.4) is 0 Å². The lowest BCUT2D eigenvalue weighted by atomic mass is 9.85. The Morgan fingerprint density at radius 2 is 1.64 bits per heavy atom. The molecule has 3 aliphatic rings. The number of hydrogen-bond acceptors (Lipinski definition) is 8. The zero-order chi connectivity index (χ0) is 30.2. The van der Waals surface area contributed by atoms with Crippen molar-refractivity contribution in [3.05, 3.63) is 77.7 Å². The van der Waals surface area contributed by atoms with Crippen molar-refractivity contribution in [2.45, 2.75) is 37.3 Å². The number of benzene rings is 2. The lowest BCUT2D eigenvalue weighted by Crippen LogP contribution is -2.56. The molecule has 45 heavy (non-hydrogen) atoms. The predicted molar refractivity (Wildman–Crippen MR) is 188 cm³/mol. The highest BCUT2D eigenvalue weighted by Gasteiger charge is 2.53. The molecule has 0 unspecified atom stereocenters. The number of ether oxygens (including phenoxy) is 1. The number of carbonyl (C=O) groups is 1. The van der Waals surface area contributed by atoms with Crippen LogP contribution < -0.4 is 10.2 Å². The number of para-hydroxylation sites is 1. The second-order valence-corrected chi connectivity index (χ2v) is 13.3. The van der Waals surface area contributed by atoms with Crippen LogP contribution in [0.1, 0.15) is 24.8 Å². The van der Waals surface area contributed by atoms with Crippen LogP contribution >= 0.6 is 24.8 Å². The Kier molecular flexibility index (Phi) is 12.4. The number of thiophene rings is 1. The number of amides is 1. The molecule has 1 atom stereocenters. The van der Waals surface area contributed by atoms with Crippen molar-refractivity contribution in [3.63, 3.8) is 0 Å². The van der Waals surface area contributed by atoms with Gasteiger partial charge in [-0.2, -0.15) is 13.5 Å². The van der Waals surface area contributed by atoms with Crippen LogP contribution in [0, 0.1) is 0 Å². The fourth-order valence-electron chi connectivity index (χ4n) is 7.02. The van der Waals surface area contributed by atoms with Gasteiger partial charge in [-0.3, -0.25) is 9.69 Å². The molecule has 1 amide bonds. The fraction of sp³-hybridized carbons (Fsp3) is 0.514. The van der Waals surface area contributed by atoms with E-state index in [0.717, 1.165) is 90.4 Å². The molecule has 0 aliphatic carbocycles. The minimum atomic E-state index is -0.599. The van der Waals surface area contributed by atoms with E-state index in [1.54, 1.807) is 11.3 Å². The third kappa shape index (κ3) is 8.29. The first-order valence-electron chi connectivity index (χ1n) is 16.3. The van der Waals surface area contributed by atoms with Crippen molar-refractivity contribution in [1.82, 2.24) is 20.0 Å². The van der Waals surface area contributed by atoms with Gasteiger partial charge in [0.15, 0.2) is 0 Å². The Hall–Kier alpha value is -2.44. The summed E-state index contributed by atoms with van der Waals surface area (Å²) in [5, 5.41) is 16.5. The Morgan fingerprint density at radius 3 is 2.40 bits per heavy atom. The van der Waals surface area contributed by atoms with Crippen molar-refractivity contribution >= 4 is 36.4 Å². The molecular formula is C35H49N5O3S2.